The van der Waals surface area contributed by atoms with Crippen LogP contribution in [0.2, 0.25) is 0 Å². The number of ether oxygens (including phenoxy) is 2. The van der Waals surface area contributed by atoms with E-state index in [1.807, 2.05) is 40.7 Å². The molecule has 1 atom stereocenters. The Hall–Kier alpha value is -1.75. The Morgan fingerprint density at radius 3 is 2.36 bits per heavy atom. The van der Waals surface area contributed by atoms with Crippen molar-refractivity contribution in [2.75, 3.05) is 20.2 Å². The van der Waals surface area contributed by atoms with E-state index in [1.165, 1.54) is 5.56 Å². The average Bonchev–Trinajstić information content (AvgIpc) is 2.40. The Morgan fingerprint density at radius 1 is 1.27 bits per heavy atom. The highest BCUT2D eigenvalue weighted by Gasteiger charge is 2.20. The van der Waals surface area contributed by atoms with E-state index in [-0.39, 0.29) is 5.92 Å². The highest BCUT2D eigenvalue weighted by molar-refractivity contribution is 5.67. The molecule has 22 heavy (non-hydrogen) atoms. The summed E-state index contributed by atoms with van der Waals surface area (Å²) in [5.74, 6) is 0.770. The molecule has 1 unspecified atom stereocenters. The van der Waals surface area contributed by atoms with Gasteiger partial charge in [-0.25, -0.2) is 4.79 Å². The van der Waals surface area contributed by atoms with E-state index < -0.39 is 11.7 Å². The zero-order valence-corrected chi connectivity index (χ0v) is 14.4. The van der Waals surface area contributed by atoms with Crippen molar-refractivity contribution < 1.29 is 14.3 Å². The molecule has 124 valence electrons. The summed E-state index contributed by atoms with van der Waals surface area (Å²) in [5.41, 5.74) is 8.71. The average molecular weight is 308 g/mol. The quantitative estimate of drug-likeness (QED) is 0.877. The van der Waals surface area contributed by atoms with Gasteiger partial charge in [0.2, 0.25) is 0 Å². The number of nitrogens with two attached hydrogens (primary N) is 1. The number of hydrogen-bond acceptors (Lipinski definition) is 4. The normalized spacial score (nSPS) is 12.7. The van der Waals surface area contributed by atoms with E-state index >= 15 is 0 Å². The molecule has 0 heterocycles. The lowest BCUT2D eigenvalue weighted by atomic mass is 9.94. The number of carbonyl (C=O) groups is 1. The molecule has 1 amide bonds. The van der Waals surface area contributed by atoms with Crippen LogP contribution in [0, 0.1) is 13.8 Å². The van der Waals surface area contributed by atoms with Crippen molar-refractivity contribution in [1.29, 1.82) is 0 Å². The number of hydrogen-bond donors (Lipinski definition) is 2. The Kier molecular flexibility index (Phi) is 6.23. The number of rotatable bonds is 5. The maximum absolute atomic E-state index is 11.8. The standard InChI is InChI=1S/C17H28N2O3/c1-11-7-14(15(21-6)8-12(11)2)13(9-18)10-19-16(20)22-17(3,4)5/h7-8,13H,9-10,18H2,1-6H3,(H,19,20). The van der Waals surface area contributed by atoms with Crippen LogP contribution < -0.4 is 15.8 Å². The van der Waals surface area contributed by atoms with Gasteiger partial charge in [0.1, 0.15) is 11.4 Å². The second-order valence-electron chi connectivity index (χ2n) is 6.49. The SMILES string of the molecule is COc1cc(C)c(C)cc1C(CN)CNC(=O)OC(C)(C)C. The van der Waals surface area contributed by atoms with Crippen LogP contribution in [0.4, 0.5) is 4.79 Å². The van der Waals surface area contributed by atoms with Crippen molar-refractivity contribution >= 4 is 6.09 Å². The lowest BCUT2D eigenvalue weighted by molar-refractivity contribution is 0.0524. The molecule has 3 N–H and O–H groups in total. The van der Waals surface area contributed by atoms with Crippen molar-refractivity contribution in [3.05, 3.63) is 28.8 Å². The first-order valence-electron chi connectivity index (χ1n) is 7.50. The molecule has 0 fully saturated rings. The summed E-state index contributed by atoms with van der Waals surface area (Å²) in [6.07, 6.45) is -0.436. The first kappa shape index (κ1) is 18.3. The summed E-state index contributed by atoms with van der Waals surface area (Å²) in [6, 6.07) is 4.07. The molecular weight excluding hydrogens is 280 g/mol. The summed E-state index contributed by atoms with van der Waals surface area (Å²) in [5, 5.41) is 2.78. The van der Waals surface area contributed by atoms with E-state index in [1.54, 1.807) is 7.11 Å². The number of benzene rings is 1. The highest BCUT2D eigenvalue weighted by Crippen LogP contribution is 2.29. The Morgan fingerprint density at radius 2 is 1.86 bits per heavy atom. The van der Waals surface area contributed by atoms with Gasteiger partial charge in [-0.15, -0.1) is 0 Å². The first-order valence-corrected chi connectivity index (χ1v) is 7.50. The molecule has 5 heteroatoms. The lowest BCUT2D eigenvalue weighted by Gasteiger charge is -2.23. The minimum absolute atomic E-state index is 0.0261. The third-order valence-corrected chi connectivity index (χ3v) is 3.46. The zero-order valence-electron chi connectivity index (χ0n) is 14.4. The minimum Gasteiger partial charge on any atom is -0.496 e. The molecule has 0 saturated heterocycles. The number of aryl methyl sites for hydroxylation is 2. The fourth-order valence-corrected chi connectivity index (χ4v) is 2.15. The van der Waals surface area contributed by atoms with Gasteiger partial charge in [0.15, 0.2) is 0 Å². The predicted octanol–water partition coefficient (Wildman–Crippen LogP) is 2.88. The van der Waals surface area contributed by atoms with E-state index in [9.17, 15) is 4.79 Å². The molecule has 0 bridgehead atoms. The van der Waals surface area contributed by atoms with Gasteiger partial charge in [0, 0.05) is 24.6 Å². The summed E-state index contributed by atoms with van der Waals surface area (Å²) in [7, 11) is 1.64. The van der Waals surface area contributed by atoms with Crippen molar-refractivity contribution in [2.45, 2.75) is 46.1 Å². The van der Waals surface area contributed by atoms with Crippen LogP contribution in [-0.4, -0.2) is 31.9 Å². The van der Waals surface area contributed by atoms with Crippen molar-refractivity contribution in [2.24, 2.45) is 5.73 Å². The summed E-state index contributed by atoms with van der Waals surface area (Å²) in [4.78, 5) is 11.8. The number of carbonyl (C=O) groups excluding carboxylic acids is 1. The number of alkyl carbamates (subject to hydrolysis) is 1. The van der Waals surface area contributed by atoms with Gasteiger partial charge < -0.3 is 20.5 Å². The van der Waals surface area contributed by atoms with E-state index in [0.717, 1.165) is 16.9 Å². The van der Waals surface area contributed by atoms with Crippen molar-refractivity contribution in [3.63, 3.8) is 0 Å². The number of amides is 1. The summed E-state index contributed by atoms with van der Waals surface area (Å²) >= 11 is 0. The molecule has 1 rings (SSSR count). The van der Waals surface area contributed by atoms with Gasteiger partial charge in [-0.3, -0.25) is 0 Å². The van der Waals surface area contributed by atoms with E-state index in [2.05, 4.69) is 11.4 Å². The third-order valence-electron chi connectivity index (χ3n) is 3.46. The number of methoxy groups -OCH3 is 1. The summed E-state index contributed by atoms with van der Waals surface area (Å²) < 4.78 is 10.7. The van der Waals surface area contributed by atoms with E-state index in [4.69, 9.17) is 15.2 Å². The molecule has 1 aromatic rings. The molecule has 0 spiro atoms. The Labute approximate surface area is 133 Å². The first-order chi connectivity index (χ1) is 10.2. The molecule has 0 aliphatic heterocycles. The molecule has 0 radical (unpaired) electrons. The van der Waals surface area contributed by atoms with Gasteiger partial charge in [-0.1, -0.05) is 6.07 Å². The van der Waals surface area contributed by atoms with Gasteiger partial charge in [0.05, 0.1) is 7.11 Å². The predicted molar refractivity (Wildman–Crippen MR) is 88.5 cm³/mol. The van der Waals surface area contributed by atoms with Crippen molar-refractivity contribution in [3.8, 4) is 5.75 Å². The van der Waals surface area contributed by atoms with Crippen LogP contribution >= 0.6 is 0 Å². The second-order valence-corrected chi connectivity index (χ2v) is 6.49. The van der Waals surface area contributed by atoms with Crippen LogP contribution in [0.3, 0.4) is 0 Å². The monoisotopic (exact) mass is 308 g/mol. The fourth-order valence-electron chi connectivity index (χ4n) is 2.15. The Balaban J connectivity index is 2.84. The van der Waals surface area contributed by atoms with Crippen LogP contribution in [0.15, 0.2) is 12.1 Å². The largest absolute Gasteiger partial charge is 0.496 e. The summed E-state index contributed by atoms with van der Waals surface area (Å²) in [6.45, 7) is 10.4. The molecule has 1 aromatic carbocycles. The van der Waals surface area contributed by atoms with Crippen LogP contribution in [0.25, 0.3) is 0 Å². The molecular formula is C17H28N2O3. The maximum Gasteiger partial charge on any atom is 0.407 e. The Bertz CT molecular complexity index is 521. The van der Waals surface area contributed by atoms with E-state index in [0.29, 0.717) is 13.1 Å². The molecule has 0 saturated carbocycles. The second kappa shape index (κ2) is 7.49. The van der Waals surface area contributed by atoms with Gasteiger partial charge >= 0.3 is 6.09 Å². The van der Waals surface area contributed by atoms with Gasteiger partial charge in [-0.2, -0.15) is 0 Å². The van der Waals surface area contributed by atoms with Crippen molar-refractivity contribution in [1.82, 2.24) is 5.32 Å². The molecule has 0 aliphatic rings. The number of nitrogens with one attached hydrogen (secondary N) is 1. The smallest absolute Gasteiger partial charge is 0.407 e. The van der Waals surface area contributed by atoms with Crippen LogP contribution in [0.5, 0.6) is 5.75 Å². The highest BCUT2D eigenvalue weighted by atomic mass is 16.6. The maximum atomic E-state index is 11.8. The zero-order chi connectivity index (χ0) is 16.9. The van der Waals surface area contributed by atoms with Gasteiger partial charge in [-0.05, 0) is 51.8 Å². The lowest BCUT2D eigenvalue weighted by Crippen LogP contribution is -2.36. The third kappa shape index (κ3) is 5.22. The molecule has 0 aliphatic carbocycles. The minimum atomic E-state index is -0.513. The topological polar surface area (TPSA) is 73.6 Å². The molecule has 5 nitrogen and oxygen atoms in total. The van der Waals surface area contributed by atoms with Crippen LogP contribution in [-0.2, 0) is 4.74 Å². The van der Waals surface area contributed by atoms with Gasteiger partial charge in [0.25, 0.3) is 0 Å². The molecule has 0 aromatic heterocycles. The fraction of sp³-hybridized carbons (Fsp3) is 0.588. The van der Waals surface area contributed by atoms with Crippen LogP contribution in [0.1, 0.15) is 43.4 Å².